The predicted octanol–water partition coefficient (Wildman–Crippen LogP) is 3.75. The Hall–Kier alpha value is -1.79. The van der Waals surface area contributed by atoms with Crippen LogP contribution in [0, 0.1) is 11.3 Å². The summed E-state index contributed by atoms with van der Waals surface area (Å²) >= 11 is 0. The van der Waals surface area contributed by atoms with Gasteiger partial charge in [-0.15, -0.1) is 0 Å². The van der Waals surface area contributed by atoms with Gasteiger partial charge in [-0.3, -0.25) is 0 Å². The van der Waals surface area contributed by atoms with E-state index in [9.17, 15) is 0 Å². The molecule has 0 spiro atoms. The molecule has 3 nitrogen and oxygen atoms in total. The van der Waals surface area contributed by atoms with Crippen molar-refractivity contribution < 1.29 is 4.74 Å². The average Bonchev–Trinajstić information content (AvgIpc) is 2.42. The number of nitriles is 1. The summed E-state index contributed by atoms with van der Waals surface area (Å²) < 4.78 is 5.16. The van der Waals surface area contributed by atoms with Gasteiger partial charge < -0.3 is 10.1 Å². The highest BCUT2D eigenvalue weighted by Crippen LogP contribution is 2.20. The van der Waals surface area contributed by atoms with Gasteiger partial charge in [0.2, 0.25) is 0 Å². The molecular weight excluding hydrogens is 248 g/mol. The summed E-state index contributed by atoms with van der Waals surface area (Å²) in [6.07, 6.45) is 3.12. The van der Waals surface area contributed by atoms with E-state index in [4.69, 9.17) is 10.00 Å². The van der Waals surface area contributed by atoms with Crippen molar-refractivity contribution in [2.45, 2.75) is 39.7 Å². The van der Waals surface area contributed by atoms with Gasteiger partial charge in [-0.1, -0.05) is 24.6 Å². The van der Waals surface area contributed by atoms with Gasteiger partial charge in [-0.2, -0.15) is 5.26 Å². The van der Waals surface area contributed by atoms with Crippen LogP contribution in [0.4, 0.5) is 0 Å². The molecule has 0 saturated heterocycles. The smallest absolute Gasteiger partial charge is 0.136 e. The minimum absolute atomic E-state index is 0.103. The fraction of sp³-hybridized carbons (Fsp3) is 0.471. The average molecular weight is 272 g/mol. The number of nitrogens with zero attached hydrogens (tertiary/aromatic N) is 1. The predicted molar refractivity (Wildman–Crippen MR) is 83.7 cm³/mol. The molecule has 0 aliphatic rings. The van der Waals surface area contributed by atoms with Crippen LogP contribution in [0.25, 0.3) is 6.08 Å². The molecule has 0 saturated carbocycles. The third-order valence-electron chi connectivity index (χ3n) is 3.01. The first kappa shape index (κ1) is 16.3. The van der Waals surface area contributed by atoms with Crippen molar-refractivity contribution in [3.05, 3.63) is 34.9 Å². The Morgan fingerprint density at radius 1 is 1.40 bits per heavy atom. The highest BCUT2D eigenvalue weighted by Gasteiger charge is 2.09. The number of benzene rings is 1. The molecule has 0 radical (unpaired) electrons. The Morgan fingerprint density at radius 3 is 2.60 bits per heavy atom. The molecule has 0 heterocycles. The highest BCUT2D eigenvalue weighted by molar-refractivity contribution is 5.58. The van der Waals surface area contributed by atoms with Gasteiger partial charge >= 0.3 is 0 Å². The van der Waals surface area contributed by atoms with Gasteiger partial charge in [-0.05, 0) is 44.9 Å². The fourth-order valence-electron chi connectivity index (χ4n) is 1.80. The van der Waals surface area contributed by atoms with Crippen LogP contribution in [0.3, 0.4) is 0 Å². The molecule has 0 aromatic heterocycles. The summed E-state index contributed by atoms with van der Waals surface area (Å²) in [4.78, 5) is 0. The normalized spacial score (nSPS) is 12.1. The van der Waals surface area contributed by atoms with Crippen LogP contribution in [0.15, 0.2) is 23.8 Å². The molecule has 0 bridgehead atoms. The molecule has 0 atom stereocenters. The lowest BCUT2D eigenvalue weighted by Gasteiger charge is -2.21. The second-order valence-corrected chi connectivity index (χ2v) is 5.83. The van der Waals surface area contributed by atoms with E-state index >= 15 is 0 Å². The van der Waals surface area contributed by atoms with Crippen LogP contribution in [0.1, 0.15) is 45.2 Å². The van der Waals surface area contributed by atoms with Gasteiger partial charge in [0.1, 0.15) is 11.8 Å². The van der Waals surface area contributed by atoms with Crippen molar-refractivity contribution >= 4 is 6.08 Å². The summed E-state index contributed by atoms with van der Waals surface area (Å²) in [5, 5.41) is 12.6. The van der Waals surface area contributed by atoms with Crippen LogP contribution in [-0.2, 0) is 0 Å². The second-order valence-electron chi connectivity index (χ2n) is 5.83. The monoisotopic (exact) mass is 272 g/mol. The first-order valence-corrected chi connectivity index (χ1v) is 6.92. The summed E-state index contributed by atoms with van der Waals surface area (Å²) in [6, 6.07) is 7.85. The lowest BCUT2D eigenvalue weighted by atomic mass is 10.0. The standard InChI is InChI=1S/C17H24N2O/c1-6-13(12-19-17(2,3)4)9-14-7-8-16(20-5)15(10-14)11-18/h7-10,19H,6,12H2,1-5H3. The van der Waals surface area contributed by atoms with Crippen molar-refractivity contribution in [1.29, 1.82) is 5.26 Å². The maximum atomic E-state index is 9.11. The molecule has 20 heavy (non-hydrogen) atoms. The van der Waals surface area contributed by atoms with Crippen LogP contribution in [0.5, 0.6) is 5.75 Å². The maximum absolute atomic E-state index is 9.11. The Morgan fingerprint density at radius 2 is 2.10 bits per heavy atom. The van der Waals surface area contributed by atoms with Gasteiger partial charge in [0.25, 0.3) is 0 Å². The third kappa shape index (κ3) is 5.07. The lowest BCUT2D eigenvalue weighted by Crippen LogP contribution is -2.36. The van der Waals surface area contributed by atoms with Crippen LogP contribution in [-0.4, -0.2) is 19.2 Å². The van der Waals surface area contributed by atoms with Gasteiger partial charge in [0, 0.05) is 12.1 Å². The molecule has 1 N–H and O–H groups in total. The van der Waals surface area contributed by atoms with E-state index in [1.807, 2.05) is 18.2 Å². The number of ether oxygens (including phenoxy) is 1. The van der Waals surface area contributed by atoms with Crippen molar-refractivity contribution in [2.75, 3.05) is 13.7 Å². The Balaban J connectivity index is 2.93. The molecule has 1 aromatic rings. The summed E-state index contributed by atoms with van der Waals surface area (Å²) in [7, 11) is 1.58. The van der Waals surface area contributed by atoms with E-state index < -0.39 is 0 Å². The number of hydrogen-bond acceptors (Lipinski definition) is 3. The van der Waals surface area contributed by atoms with Crippen molar-refractivity contribution in [1.82, 2.24) is 5.32 Å². The topological polar surface area (TPSA) is 45.0 Å². The second kappa shape index (κ2) is 7.12. The van der Waals surface area contributed by atoms with Crippen LogP contribution in [0.2, 0.25) is 0 Å². The van der Waals surface area contributed by atoms with E-state index in [1.165, 1.54) is 5.57 Å². The zero-order valence-electron chi connectivity index (χ0n) is 13.1. The first-order valence-electron chi connectivity index (χ1n) is 6.92. The number of rotatable bonds is 5. The molecule has 0 aliphatic carbocycles. The lowest BCUT2D eigenvalue weighted by molar-refractivity contribution is 0.413. The summed E-state index contributed by atoms with van der Waals surface area (Å²) in [6.45, 7) is 9.46. The molecular formula is C17H24N2O. The number of nitrogens with one attached hydrogen (secondary N) is 1. The van der Waals surface area contributed by atoms with E-state index in [0.29, 0.717) is 11.3 Å². The molecule has 1 rings (SSSR count). The van der Waals surface area contributed by atoms with E-state index in [-0.39, 0.29) is 5.54 Å². The van der Waals surface area contributed by atoms with Crippen LogP contribution >= 0.6 is 0 Å². The van der Waals surface area contributed by atoms with Crippen molar-refractivity contribution in [2.24, 2.45) is 0 Å². The van der Waals surface area contributed by atoms with Gasteiger partial charge in [0.05, 0.1) is 12.7 Å². The van der Waals surface area contributed by atoms with Crippen molar-refractivity contribution in [3.63, 3.8) is 0 Å². The Labute approximate surface area is 122 Å². The molecule has 0 amide bonds. The van der Waals surface area contributed by atoms with Gasteiger partial charge in [-0.25, -0.2) is 0 Å². The highest BCUT2D eigenvalue weighted by atomic mass is 16.5. The molecule has 108 valence electrons. The van der Waals surface area contributed by atoms with Crippen molar-refractivity contribution in [3.8, 4) is 11.8 Å². The molecule has 3 heteroatoms. The number of hydrogen-bond donors (Lipinski definition) is 1. The SMILES string of the molecule is CCC(=Cc1ccc(OC)c(C#N)c1)CNC(C)(C)C. The fourth-order valence-corrected chi connectivity index (χ4v) is 1.80. The summed E-state index contributed by atoms with van der Waals surface area (Å²) in [5.41, 5.74) is 3.02. The molecule has 0 unspecified atom stereocenters. The maximum Gasteiger partial charge on any atom is 0.136 e. The quantitative estimate of drug-likeness (QED) is 0.888. The largest absolute Gasteiger partial charge is 0.495 e. The molecule has 0 fully saturated rings. The van der Waals surface area contributed by atoms with E-state index in [2.05, 4.69) is 45.2 Å². The minimum atomic E-state index is 0.103. The zero-order chi connectivity index (χ0) is 15.2. The third-order valence-corrected chi connectivity index (χ3v) is 3.01. The zero-order valence-corrected chi connectivity index (χ0v) is 13.1. The van der Waals surface area contributed by atoms with Crippen LogP contribution < -0.4 is 10.1 Å². The number of methoxy groups -OCH3 is 1. The molecule has 1 aromatic carbocycles. The summed E-state index contributed by atoms with van der Waals surface area (Å²) in [5.74, 6) is 0.621. The first-order chi connectivity index (χ1) is 9.39. The van der Waals surface area contributed by atoms with E-state index in [1.54, 1.807) is 7.11 Å². The van der Waals surface area contributed by atoms with E-state index in [0.717, 1.165) is 18.5 Å². The minimum Gasteiger partial charge on any atom is -0.495 e. The van der Waals surface area contributed by atoms with Gasteiger partial charge in [0.15, 0.2) is 0 Å². The Kier molecular flexibility index (Phi) is 5.79. The molecule has 0 aliphatic heterocycles. The Bertz CT molecular complexity index is 519.